The summed E-state index contributed by atoms with van der Waals surface area (Å²) in [5.41, 5.74) is 1.97. The van der Waals surface area contributed by atoms with E-state index in [0.717, 1.165) is 24.0 Å². The number of esters is 1. The quantitative estimate of drug-likeness (QED) is 0.194. The zero-order valence-electron chi connectivity index (χ0n) is 19.9. The van der Waals surface area contributed by atoms with Gasteiger partial charge in [0.1, 0.15) is 6.04 Å². The minimum atomic E-state index is -0.681. The predicted octanol–water partition coefficient (Wildman–Crippen LogP) is 7.36. The number of ether oxygens (including phenoxy) is 1. The van der Waals surface area contributed by atoms with E-state index in [2.05, 4.69) is 6.58 Å². The molecule has 34 heavy (non-hydrogen) atoms. The number of unbranched alkanes of at least 4 members (excludes halogenated alkanes) is 1. The first-order chi connectivity index (χ1) is 16.4. The molecule has 4 atom stereocenters. The van der Waals surface area contributed by atoms with E-state index in [9.17, 15) is 9.59 Å². The molecule has 0 saturated carbocycles. The van der Waals surface area contributed by atoms with E-state index in [1.165, 1.54) is 0 Å². The number of hydrogen-bond acceptors (Lipinski definition) is 3. The lowest BCUT2D eigenvalue weighted by atomic mass is 9.74. The van der Waals surface area contributed by atoms with Gasteiger partial charge in [0.15, 0.2) is 0 Å². The Morgan fingerprint density at radius 1 is 1.15 bits per heavy atom. The molecule has 2 aromatic rings. The number of allylic oxidation sites excluding steroid dienone is 1. The van der Waals surface area contributed by atoms with Crippen molar-refractivity contribution in [2.45, 2.75) is 64.0 Å². The maximum absolute atomic E-state index is 13.9. The molecule has 3 rings (SSSR count). The van der Waals surface area contributed by atoms with Gasteiger partial charge in [0, 0.05) is 21.9 Å². The van der Waals surface area contributed by atoms with Gasteiger partial charge >= 0.3 is 5.97 Å². The number of nitrogens with zero attached hydrogens (tertiary/aromatic N) is 1. The molecule has 1 heterocycles. The highest BCUT2D eigenvalue weighted by Crippen LogP contribution is 2.47. The summed E-state index contributed by atoms with van der Waals surface area (Å²) in [6.45, 7) is 8.19. The molecular weight excluding hydrogens is 469 g/mol. The lowest BCUT2D eigenvalue weighted by molar-refractivity contribution is -0.162. The van der Waals surface area contributed by atoms with Gasteiger partial charge in [-0.05, 0) is 61.1 Å². The number of piperidine rings is 1. The van der Waals surface area contributed by atoms with E-state index in [1.54, 1.807) is 11.0 Å². The predicted molar refractivity (Wildman–Crippen MR) is 138 cm³/mol. The molecule has 1 aliphatic heterocycles. The molecule has 0 aliphatic carbocycles. The average molecular weight is 502 g/mol. The Hall–Kier alpha value is -2.30. The summed E-state index contributed by atoms with van der Waals surface area (Å²) < 4.78 is 5.60. The minimum absolute atomic E-state index is 0.0441. The first-order valence-corrected chi connectivity index (χ1v) is 12.8. The molecule has 1 aliphatic rings. The molecule has 1 saturated heterocycles. The van der Waals surface area contributed by atoms with Crippen molar-refractivity contribution in [2.75, 3.05) is 6.61 Å². The van der Waals surface area contributed by atoms with Gasteiger partial charge in [-0.1, -0.05) is 73.8 Å². The molecule has 1 amide bonds. The summed E-state index contributed by atoms with van der Waals surface area (Å²) in [7, 11) is 0. The van der Waals surface area contributed by atoms with Crippen molar-refractivity contribution >= 4 is 35.1 Å². The number of carbonyl (C=O) groups excluding carboxylic acids is 2. The summed E-state index contributed by atoms with van der Waals surface area (Å²) in [6.07, 6.45) is 5.14. The number of carbonyl (C=O) groups is 2. The third-order valence-electron chi connectivity index (χ3n) is 6.50. The average Bonchev–Trinajstić information content (AvgIpc) is 2.82. The van der Waals surface area contributed by atoms with Crippen molar-refractivity contribution < 1.29 is 14.3 Å². The van der Waals surface area contributed by atoms with Crippen LogP contribution in [0.2, 0.25) is 10.0 Å². The van der Waals surface area contributed by atoms with Crippen molar-refractivity contribution in [2.24, 2.45) is 5.92 Å². The smallest absolute Gasteiger partial charge is 0.328 e. The van der Waals surface area contributed by atoms with Crippen molar-refractivity contribution in [1.82, 2.24) is 4.90 Å². The second kappa shape index (κ2) is 12.4. The van der Waals surface area contributed by atoms with Gasteiger partial charge < -0.3 is 9.64 Å². The van der Waals surface area contributed by atoms with Gasteiger partial charge in [-0.15, -0.1) is 6.58 Å². The van der Waals surface area contributed by atoms with Crippen LogP contribution in [0.4, 0.5) is 0 Å². The monoisotopic (exact) mass is 501 g/mol. The highest BCUT2D eigenvalue weighted by molar-refractivity contribution is 6.30. The fourth-order valence-corrected chi connectivity index (χ4v) is 5.15. The Balaban J connectivity index is 2.12. The Morgan fingerprint density at radius 2 is 1.88 bits per heavy atom. The van der Waals surface area contributed by atoms with Gasteiger partial charge in [-0.25, -0.2) is 4.79 Å². The van der Waals surface area contributed by atoms with Gasteiger partial charge in [0.25, 0.3) is 0 Å². The van der Waals surface area contributed by atoms with Crippen LogP contribution in [0.3, 0.4) is 0 Å². The zero-order chi connectivity index (χ0) is 24.7. The standard InChI is InChI=1S/C28H33Cl2NO3/c1-4-7-16-34-28(33)25(6-3)31-26(19-12-14-22(29)15-13-19)24(18-21(9-5-2)27(31)32)20-10-8-11-23(30)17-20/h5,8,10-15,17,21,24-26H,2,4,6-7,9,16,18H2,1,3H3/t21-,24+,25-,26+/m0/s1. The molecule has 0 spiro atoms. The SMILES string of the molecule is C=CC[C@H]1C[C@H](c2cccc(Cl)c2)[C@@H](c2ccc(Cl)cc2)N([C@@H](CC)C(=O)OCCCC)C1=O. The van der Waals surface area contributed by atoms with Crippen LogP contribution in [0, 0.1) is 5.92 Å². The van der Waals surface area contributed by atoms with E-state index in [-0.39, 0.29) is 29.8 Å². The van der Waals surface area contributed by atoms with Crippen molar-refractivity contribution in [3.63, 3.8) is 0 Å². The van der Waals surface area contributed by atoms with Crippen molar-refractivity contribution in [3.05, 3.63) is 82.4 Å². The highest BCUT2D eigenvalue weighted by Gasteiger charge is 2.47. The first kappa shape index (κ1) is 26.3. The summed E-state index contributed by atoms with van der Waals surface area (Å²) >= 11 is 12.5. The zero-order valence-corrected chi connectivity index (χ0v) is 21.4. The lowest BCUT2D eigenvalue weighted by Crippen LogP contribution is -2.54. The van der Waals surface area contributed by atoms with Crippen LogP contribution in [0.1, 0.15) is 69.0 Å². The second-order valence-corrected chi connectivity index (χ2v) is 9.68. The van der Waals surface area contributed by atoms with Gasteiger partial charge in [0.05, 0.1) is 12.6 Å². The molecule has 0 N–H and O–H groups in total. The highest BCUT2D eigenvalue weighted by atomic mass is 35.5. The Kier molecular flexibility index (Phi) is 9.61. The van der Waals surface area contributed by atoms with Gasteiger partial charge in [0.2, 0.25) is 5.91 Å². The Morgan fingerprint density at radius 3 is 2.50 bits per heavy atom. The van der Waals surface area contributed by atoms with E-state index < -0.39 is 6.04 Å². The van der Waals surface area contributed by atoms with Crippen LogP contribution < -0.4 is 0 Å². The van der Waals surface area contributed by atoms with Crippen LogP contribution in [-0.2, 0) is 14.3 Å². The van der Waals surface area contributed by atoms with Crippen molar-refractivity contribution in [3.8, 4) is 0 Å². The van der Waals surface area contributed by atoms with E-state index >= 15 is 0 Å². The third kappa shape index (κ3) is 6.03. The van der Waals surface area contributed by atoms with Gasteiger partial charge in [-0.3, -0.25) is 4.79 Å². The number of benzene rings is 2. The van der Waals surface area contributed by atoms with Crippen LogP contribution in [0.15, 0.2) is 61.2 Å². The Labute approximate surface area is 212 Å². The van der Waals surface area contributed by atoms with E-state index in [4.69, 9.17) is 27.9 Å². The molecule has 1 fully saturated rings. The maximum Gasteiger partial charge on any atom is 0.328 e. The Bertz CT molecular complexity index is 991. The topological polar surface area (TPSA) is 46.6 Å². The number of likely N-dealkylation sites (tertiary alicyclic amines) is 1. The summed E-state index contributed by atoms with van der Waals surface area (Å²) in [5.74, 6) is -0.729. The largest absolute Gasteiger partial charge is 0.464 e. The number of halogens is 2. The van der Waals surface area contributed by atoms with Crippen LogP contribution in [0.5, 0.6) is 0 Å². The fraction of sp³-hybridized carbons (Fsp3) is 0.429. The minimum Gasteiger partial charge on any atom is -0.464 e. The van der Waals surface area contributed by atoms with Crippen LogP contribution in [0.25, 0.3) is 0 Å². The summed E-state index contributed by atoms with van der Waals surface area (Å²) in [4.78, 5) is 28.8. The second-order valence-electron chi connectivity index (χ2n) is 8.81. The van der Waals surface area contributed by atoms with Crippen LogP contribution >= 0.6 is 23.2 Å². The molecule has 0 unspecified atom stereocenters. The third-order valence-corrected chi connectivity index (χ3v) is 6.99. The van der Waals surface area contributed by atoms with Crippen molar-refractivity contribution in [1.29, 1.82) is 0 Å². The molecular formula is C28H33Cl2NO3. The normalized spacial score (nSPS) is 21.2. The molecule has 0 radical (unpaired) electrons. The fourth-order valence-electron chi connectivity index (χ4n) is 4.82. The molecule has 0 aromatic heterocycles. The van der Waals surface area contributed by atoms with Crippen LogP contribution in [-0.4, -0.2) is 29.4 Å². The summed E-state index contributed by atoms with van der Waals surface area (Å²) in [6, 6.07) is 14.3. The summed E-state index contributed by atoms with van der Waals surface area (Å²) in [5, 5.41) is 1.26. The molecule has 182 valence electrons. The number of amides is 1. The molecule has 4 nitrogen and oxygen atoms in total. The maximum atomic E-state index is 13.9. The lowest BCUT2D eigenvalue weighted by Gasteiger charge is -2.47. The van der Waals surface area contributed by atoms with E-state index in [0.29, 0.717) is 35.9 Å². The molecule has 6 heteroatoms. The van der Waals surface area contributed by atoms with Gasteiger partial charge in [-0.2, -0.15) is 0 Å². The van der Waals surface area contributed by atoms with E-state index in [1.807, 2.05) is 62.4 Å². The number of rotatable bonds is 10. The molecule has 2 aromatic carbocycles. The molecule has 0 bridgehead atoms. The first-order valence-electron chi connectivity index (χ1n) is 12.0. The number of hydrogen-bond donors (Lipinski definition) is 0.